The Morgan fingerprint density at radius 2 is 2.28 bits per heavy atom. The van der Waals surface area contributed by atoms with E-state index >= 15 is 0 Å². The number of nitrogens with one attached hydrogen (secondary N) is 1. The second-order valence-electron chi connectivity index (χ2n) is 4.52. The minimum atomic E-state index is -0.0707. The van der Waals surface area contributed by atoms with Crippen LogP contribution in [0.5, 0.6) is 0 Å². The highest BCUT2D eigenvalue weighted by molar-refractivity contribution is 6.17. The molecule has 0 aliphatic heterocycles. The average molecular weight is 270 g/mol. The first-order chi connectivity index (χ1) is 8.67. The van der Waals surface area contributed by atoms with Crippen molar-refractivity contribution < 1.29 is 9.90 Å². The molecule has 0 spiro atoms. The molecule has 0 bridgehead atoms. The van der Waals surface area contributed by atoms with Gasteiger partial charge in [-0.1, -0.05) is 19.1 Å². The summed E-state index contributed by atoms with van der Waals surface area (Å²) < 4.78 is 0. The lowest BCUT2D eigenvalue weighted by Gasteiger charge is -2.09. The molecule has 0 aromatic heterocycles. The highest BCUT2D eigenvalue weighted by atomic mass is 35.5. The average Bonchev–Trinajstić information content (AvgIpc) is 2.43. The molecule has 100 valence electrons. The number of amides is 1. The third-order valence-electron chi connectivity index (χ3n) is 2.81. The van der Waals surface area contributed by atoms with Gasteiger partial charge in [-0.3, -0.25) is 4.79 Å². The van der Waals surface area contributed by atoms with Crippen molar-refractivity contribution in [3.8, 4) is 0 Å². The number of alkyl halides is 1. The van der Waals surface area contributed by atoms with Gasteiger partial charge in [0, 0.05) is 24.6 Å². The lowest BCUT2D eigenvalue weighted by molar-refractivity contribution is 0.0952. The van der Waals surface area contributed by atoms with Crippen molar-refractivity contribution in [1.82, 2.24) is 5.32 Å². The zero-order chi connectivity index (χ0) is 13.4. The van der Waals surface area contributed by atoms with Crippen molar-refractivity contribution in [3.05, 3.63) is 35.4 Å². The van der Waals surface area contributed by atoms with Crippen molar-refractivity contribution in [3.63, 3.8) is 0 Å². The molecule has 1 rings (SSSR count). The Balaban J connectivity index is 2.36. The van der Waals surface area contributed by atoms with Gasteiger partial charge in [-0.15, -0.1) is 11.6 Å². The van der Waals surface area contributed by atoms with Crippen LogP contribution in [0.15, 0.2) is 24.3 Å². The molecular weight excluding hydrogens is 250 g/mol. The van der Waals surface area contributed by atoms with E-state index in [9.17, 15) is 4.79 Å². The van der Waals surface area contributed by atoms with E-state index in [4.69, 9.17) is 16.7 Å². The largest absolute Gasteiger partial charge is 0.396 e. The summed E-state index contributed by atoms with van der Waals surface area (Å²) >= 11 is 5.73. The smallest absolute Gasteiger partial charge is 0.251 e. The predicted molar refractivity (Wildman–Crippen MR) is 73.8 cm³/mol. The number of aliphatic hydroxyl groups excluding tert-OH is 1. The van der Waals surface area contributed by atoms with Gasteiger partial charge in [0.2, 0.25) is 0 Å². The second kappa shape index (κ2) is 8.11. The van der Waals surface area contributed by atoms with Gasteiger partial charge in [-0.25, -0.2) is 0 Å². The van der Waals surface area contributed by atoms with E-state index in [-0.39, 0.29) is 12.5 Å². The predicted octanol–water partition coefficient (Wildman–Crippen LogP) is 2.56. The normalized spacial score (nSPS) is 12.2. The number of carbonyl (C=O) groups excluding carboxylic acids is 1. The summed E-state index contributed by atoms with van der Waals surface area (Å²) in [6.45, 7) is 2.83. The Morgan fingerprint density at radius 1 is 1.50 bits per heavy atom. The molecule has 2 N–H and O–H groups in total. The fourth-order valence-electron chi connectivity index (χ4n) is 1.64. The fourth-order valence-corrected chi connectivity index (χ4v) is 1.81. The summed E-state index contributed by atoms with van der Waals surface area (Å²) in [5.74, 6) is 0.634. The number of benzene rings is 1. The Morgan fingerprint density at radius 3 is 2.94 bits per heavy atom. The van der Waals surface area contributed by atoms with E-state index in [0.717, 1.165) is 18.4 Å². The third-order valence-corrected chi connectivity index (χ3v) is 3.12. The summed E-state index contributed by atoms with van der Waals surface area (Å²) in [4.78, 5) is 11.8. The minimum Gasteiger partial charge on any atom is -0.396 e. The van der Waals surface area contributed by atoms with E-state index in [1.807, 2.05) is 19.1 Å². The van der Waals surface area contributed by atoms with Crippen LogP contribution in [0.1, 0.15) is 35.7 Å². The lowest BCUT2D eigenvalue weighted by Crippen LogP contribution is -2.25. The molecule has 0 radical (unpaired) electrons. The molecule has 0 saturated carbocycles. The molecule has 18 heavy (non-hydrogen) atoms. The van der Waals surface area contributed by atoms with Crippen LogP contribution in [0.25, 0.3) is 0 Å². The van der Waals surface area contributed by atoms with E-state index in [2.05, 4.69) is 5.32 Å². The van der Waals surface area contributed by atoms with Gasteiger partial charge in [0.05, 0.1) is 0 Å². The molecule has 1 atom stereocenters. The van der Waals surface area contributed by atoms with E-state index in [1.165, 1.54) is 0 Å². The van der Waals surface area contributed by atoms with Crippen LogP contribution in [-0.4, -0.2) is 24.2 Å². The third kappa shape index (κ3) is 5.07. The molecular formula is C14H20ClNO2. The van der Waals surface area contributed by atoms with Gasteiger partial charge in [0.1, 0.15) is 0 Å². The topological polar surface area (TPSA) is 49.3 Å². The van der Waals surface area contributed by atoms with Gasteiger partial charge in [0.25, 0.3) is 5.91 Å². The van der Waals surface area contributed by atoms with Crippen LogP contribution < -0.4 is 5.32 Å². The summed E-state index contributed by atoms with van der Waals surface area (Å²) in [5.41, 5.74) is 1.58. The second-order valence-corrected chi connectivity index (χ2v) is 4.79. The summed E-state index contributed by atoms with van der Waals surface area (Å²) in [6.07, 6.45) is 1.79. The van der Waals surface area contributed by atoms with Crippen LogP contribution in [0.2, 0.25) is 0 Å². The standard InChI is InChI=1S/C14H20ClNO2/c1-11(10-17)4-3-7-16-14(18)13-6-2-5-12(8-13)9-15/h2,5-6,8,11,17H,3-4,7,9-10H2,1H3,(H,16,18). The van der Waals surface area contributed by atoms with E-state index < -0.39 is 0 Å². The first kappa shape index (κ1) is 15.0. The zero-order valence-electron chi connectivity index (χ0n) is 10.7. The Bertz CT molecular complexity index is 382. The van der Waals surface area contributed by atoms with Crippen molar-refractivity contribution in [2.45, 2.75) is 25.6 Å². The van der Waals surface area contributed by atoms with E-state index in [0.29, 0.717) is 23.9 Å². The van der Waals surface area contributed by atoms with Crippen LogP contribution in [-0.2, 0) is 5.88 Å². The quantitative estimate of drug-likeness (QED) is 0.590. The maximum Gasteiger partial charge on any atom is 0.251 e. The zero-order valence-corrected chi connectivity index (χ0v) is 11.4. The molecule has 0 fully saturated rings. The van der Waals surface area contributed by atoms with Crippen molar-refractivity contribution in [1.29, 1.82) is 0 Å². The molecule has 0 heterocycles. The first-order valence-corrected chi connectivity index (χ1v) is 6.74. The van der Waals surface area contributed by atoms with Crippen molar-refractivity contribution >= 4 is 17.5 Å². The lowest BCUT2D eigenvalue weighted by atomic mass is 10.1. The Labute approximate surface area is 113 Å². The van der Waals surface area contributed by atoms with Crippen LogP contribution in [0.4, 0.5) is 0 Å². The fraction of sp³-hybridized carbons (Fsp3) is 0.500. The van der Waals surface area contributed by atoms with Crippen molar-refractivity contribution in [2.24, 2.45) is 5.92 Å². The van der Waals surface area contributed by atoms with Gasteiger partial charge in [-0.2, -0.15) is 0 Å². The SMILES string of the molecule is CC(CO)CCCNC(=O)c1cccc(CCl)c1. The minimum absolute atomic E-state index is 0.0707. The number of aliphatic hydroxyl groups is 1. The molecule has 1 aromatic rings. The highest BCUT2D eigenvalue weighted by Gasteiger charge is 2.06. The summed E-state index contributed by atoms with van der Waals surface area (Å²) in [5, 5.41) is 11.7. The maximum atomic E-state index is 11.8. The highest BCUT2D eigenvalue weighted by Crippen LogP contribution is 2.08. The Kier molecular flexibility index (Phi) is 6.76. The van der Waals surface area contributed by atoms with Crippen LogP contribution in [0, 0.1) is 5.92 Å². The van der Waals surface area contributed by atoms with Gasteiger partial charge in [-0.05, 0) is 36.5 Å². The molecule has 0 saturated heterocycles. The molecule has 3 nitrogen and oxygen atoms in total. The molecule has 1 unspecified atom stereocenters. The molecule has 1 aromatic carbocycles. The van der Waals surface area contributed by atoms with E-state index in [1.54, 1.807) is 12.1 Å². The Hall–Kier alpha value is -1.06. The molecule has 1 amide bonds. The molecule has 0 aliphatic carbocycles. The number of rotatable bonds is 7. The van der Waals surface area contributed by atoms with Gasteiger partial charge < -0.3 is 10.4 Å². The summed E-state index contributed by atoms with van der Waals surface area (Å²) in [6, 6.07) is 7.31. The number of halogens is 1. The molecule has 4 heteroatoms. The van der Waals surface area contributed by atoms with Gasteiger partial charge in [0.15, 0.2) is 0 Å². The summed E-state index contributed by atoms with van der Waals surface area (Å²) in [7, 11) is 0. The van der Waals surface area contributed by atoms with Gasteiger partial charge >= 0.3 is 0 Å². The van der Waals surface area contributed by atoms with Crippen molar-refractivity contribution in [2.75, 3.05) is 13.2 Å². The first-order valence-electron chi connectivity index (χ1n) is 6.21. The van der Waals surface area contributed by atoms with Crippen LogP contribution >= 0.6 is 11.6 Å². The maximum absolute atomic E-state index is 11.8. The molecule has 0 aliphatic rings. The number of carbonyl (C=O) groups is 1. The number of hydrogen-bond acceptors (Lipinski definition) is 2. The van der Waals surface area contributed by atoms with Crippen LogP contribution in [0.3, 0.4) is 0 Å². The monoisotopic (exact) mass is 269 g/mol. The number of hydrogen-bond donors (Lipinski definition) is 2.